The standard InChI is InChI=1S/C19H15FN2O2/c20-17-4-1-3-15(13-17)7-10-19(23)24-14-16-5-8-18(9-6-16)22-12-2-11-21-22/h1-13H,14H2. The third kappa shape index (κ3) is 4.16. The van der Waals surface area contributed by atoms with Crippen molar-refractivity contribution in [3.05, 3.63) is 90.0 Å². The molecule has 0 saturated heterocycles. The van der Waals surface area contributed by atoms with Crippen LogP contribution in [0, 0.1) is 5.82 Å². The molecule has 5 heteroatoms. The highest BCUT2D eigenvalue weighted by Crippen LogP contribution is 2.10. The minimum atomic E-state index is -0.476. The van der Waals surface area contributed by atoms with Crippen LogP contribution in [0.4, 0.5) is 4.39 Å². The Morgan fingerprint density at radius 2 is 2.00 bits per heavy atom. The molecule has 0 saturated carbocycles. The van der Waals surface area contributed by atoms with Crippen LogP contribution in [0.3, 0.4) is 0 Å². The first-order chi connectivity index (χ1) is 11.7. The number of carbonyl (C=O) groups is 1. The molecule has 1 aromatic heterocycles. The predicted molar refractivity (Wildman–Crippen MR) is 88.8 cm³/mol. The average molecular weight is 322 g/mol. The van der Waals surface area contributed by atoms with E-state index < -0.39 is 5.97 Å². The summed E-state index contributed by atoms with van der Waals surface area (Å²) >= 11 is 0. The van der Waals surface area contributed by atoms with Gasteiger partial charge in [0.25, 0.3) is 0 Å². The molecule has 0 N–H and O–H groups in total. The van der Waals surface area contributed by atoms with E-state index in [2.05, 4.69) is 5.10 Å². The molecule has 0 aliphatic carbocycles. The van der Waals surface area contributed by atoms with Crippen LogP contribution in [0.15, 0.2) is 73.1 Å². The molecular formula is C19H15FN2O2. The number of halogens is 1. The lowest BCUT2D eigenvalue weighted by Gasteiger charge is -2.05. The van der Waals surface area contributed by atoms with Gasteiger partial charge in [-0.05, 0) is 47.5 Å². The van der Waals surface area contributed by atoms with E-state index in [0.29, 0.717) is 5.56 Å². The van der Waals surface area contributed by atoms with E-state index in [-0.39, 0.29) is 12.4 Å². The van der Waals surface area contributed by atoms with Gasteiger partial charge in [0.05, 0.1) is 5.69 Å². The molecular weight excluding hydrogens is 307 g/mol. The van der Waals surface area contributed by atoms with Gasteiger partial charge in [-0.1, -0.05) is 24.3 Å². The quantitative estimate of drug-likeness (QED) is 0.530. The topological polar surface area (TPSA) is 44.1 Å². The van der Waals surface area contributed by atoms with E-state index in [1.54, 1.807) is 23.0 Å². The second-order valence-corrected chi connectivity index (χ2v) is 5.11. The number of benzene rings is 2. The molecule has 2 aromatic carbocycles. The molecule has 0 aliphatic heterocycles. The minimum absolute atomic E-state index is 0.172. The predicted octanol–water partition coefficient (Wildman–Crippen LogP) is 3.77. The molecule has 0 unspecified atom stereocenters. The second kappa shape index (κ2) is 7.37. The lowest BCUT2D eigenvalue weighted by molar-refractivity contribution is -0.138. The van der Waals surface area contributed by atoms with Gasteiger partial charge in [-0.15, -0.1) is 0 Å². The van der Waals surface area contributed by atoms with Crippen molar-refractivity contribution in [2.24, 2.45) is 0 Å². The van der Waals surface area contributed by atoms with Crippen molar-refractivity contribution in [1.29, 1.82) is 0 Å². The summed E-state index contributed by atoms with van der Waals surface area (Å²) in [6, 6.07) is 15.4. The van der Waals surface area contributed by atoms with Gasteiger partial charge in [0.2, 0.25) is 0 Å². The molecule has 0 aliphatic rings. The number of hydrogen-bond acceptors (Lipinski definition) is 3. The summed E-state index contributed by atoms with van der Waals surface area (Å²) < 4.78 is 20.0. The summed E-state index contributed by atoms with van der Waals surface area (Å²) in [5.41, 5.74) is 2.41. The van der Waals surface area contributed by atoms with Crippen LogP contribution in [-0.4, -0.2) is 15.7 Å². The van der Waals surface area contributed by atoms with E-state index in [1.807, 2.05) is 36.5 Å². The molecule has 120 valence electrons. The summed E-state index contributed by atoms with van der Waals surface area (Å²) in [6.45, 7) is 0.172. The summed E-state index contributed by atoms with van der Waals surface area (Å²) in [4.78, 5) is 11.7. The first kappa shape index (κ1) is 15.7. The highest BCUT2D eigenvalue weighted by atomic mass is 19.1. The van der Waals surface area contributed by atoms with Gasteiger partial charge in [-0.2, -0.15) is 5.10 Å². The maximum absolute atomic E-state index is 13.0. The first-order valence-corrected chi connectivity index (χ1v) is 7.40. The molecule has 3 aromatic rings. The van der Waals surface area contributed by atoms with Gasteiger partial charge in [-0.3, -0.25) is 0 Å². The zero-order chi connectivity index (χ0) is 16.8. The van der Waals surface area contributed by atoms with Crippen molar-refractivity contribution >= 4 is 12.0 Å². The molecule has 0 amide bonds. The molecule has 0 fully saturated rings. The Balaban J connectivity index is 1.54. The Kier molecular flexibility index (Phi) is 4.81. The summed E-state index contributed by atoms with van der Waals surface area (Å²) in [5.74, 6) is -0.821. The lowest BCUT2D eigenvalue weighted by atomic mass is 10.2. The van der Waals surface area contributed by atoms with Crippen LogP contribution in [0.25, 0.3) is 11.8 Å². The summed E-state index contributed by atoms with van der Waals surface area (Å²) in [6.07, 6.45) is 6.37. The zero-order valence-electron chi connectivity index (χ0n) is 12.8. The van der Waals surface area contributed by atoms with Crippen LogP contribution in [0.1, 0.15) is 11.1 Å². The van der Waals surface area contributed by atoms with Crippen LogP contribution >= 0.6 is 0 Å². The normalized spacial score (nSPS) is 10.9. The van der Waals surface area contributed by atoms with Crippen molar-refractivity contribution in [2.45, 2.75) is 6.61 Å². The van der Waals surface area contributed by atoms with Crippen molar-refractivity contribution < 1.29 is 13.9 Å². The molecule has 3 rings (SSSR count). The fraction of sp³-hybridized carbons (Fsp3) is 0.0526. The van der Waals surface area contributed by atoms with Crippen LogP contribution in [0.5, 0.6) is 0 Å². The highest BCUT2D eigenvalue weighted by molar-refractivity contribution is 5.87. The Labute approximate surface area is 138 Å². The minimum Gasteiger partial charge on any atom is -0.458 e. The number of ether oxygens (including phenoxy) is 1. The number of carbonyl (C=O) groups excluding carboxylic acids is 1. The first-order valence-electron chi connectivity index (χ1n) is 7.40. The average Bonchev–Trinajstić information content (AvgIpc) is 3.13. The van der Waals surface area contributed by atoms with Crippen molar-refractivity contribution in [1.82, 2.24) is 9.78 Å². The summed E-state index contributed by atoms with van der Waals surface area (Å²) in [5, 5.41) is 4.15. The van der Waals surface area contributed by atoms with Gasteiger partial charge in [0, 0.05) is 18.5 Å². The largest absolute Gasteiger partial charge is 0.458 e. The fourth-order valence-electron chi connectivity index (χ4n) is 2.14. The zero-order valence-corrected chi connectivity index (χ0v) is 12.8. The van der Waals surface area contributed by atoms with E-state index in [1.165, 1.54) is 24.3 Å². The second-order valence-electron chi connectivity index (χ2n) is 5.11. The van der Waals surface area contributed by atoms with Gasteiger partial charge >= 0.3 is 5.97 Å². The van der Waals surface area contributed by atoms with Gasteiger partial charge in [0.1, 0.15) is 12.4 Å². The third-order valence-corrected chi connectivity index (χ3v) is 3.35. The van der Waals surface area contributed by atoms with E-state index >= 15 is 0 Å². The van der Waals surface area contributed by atoms with E-state index in [9.17, 15) is 9.18 Å². The monoisotopic (exact) mass is 322 g/mol. The van der Waals surface area contributed by atoms with Crippen LogP contribution in [0.2, 0.25) is 0 Å². The number of rotatable bonds is 5. The van der Waals surface area contributed by atoms with Crippen molar-refractivity contribution in [2.75, 3.05) is 0 Å². The Bertz CT molecular complexity index is 840. The molecule has 0 radical (unpaired) electrons. The highest BCUT2D eigenvalue weighted by Gasteiger charge is 2.01. The van der Waals surface area contributed by atoms with Gasteiger partial charge in [-0.25, -0.2) is 13.9 Å². The van der Waals surface area contributed by atoms with Gasteiger partial charge < -0.3 is 4.74 Å². The maximum Gasteiger partial charge on any atom is 0.331 e. The molecule has 24 heavy (non-hydrogen) atoms. The Morgan fingerprint density at radius 1 is 1.17 bits per heavy atom. The number of hydrogen-bond donors (Lipinski definition) is 0. The van der Waals surface area contributed by atoms with Crippen molar-refractivity contribution in [3.8, 4) is 5.69 Å². The number of esters is 1. The smallest absolute Gasteiger partial charge is 0.331 e. The Morgan fingerprint density at radius 3 is 2.71 bits per heavy atom. The Hall–Kier alpha value is -3.21. The molecule has 0 bridgehead atoms. The van der Waals surface area contributed by atoms with Crippen molar-refractivity contribution in [3.63, 3.8) is 0 Å². The molecule has 0 atom stereocenters. The molecule has 0 spiro atoms. The third-order valence-electron chi connectivity index (χ3n) is 3.35. The number of aromatic nitrogens is 2. The molecule has 1 heterocycles. The van der Waals surface area contributed by atoms with Crippen LogP contribution in [-0.2, 0) is 16.1 Å². The van der Waals surface area contributed by atoms with Crippen LogP contribution < -0.4 is 0 Å². The van der Waals surface area contributed by atoms with E-state index in [4.69, 9.17) is 4.74 Å². The SMILES string of the molecule is O=C(C=Cc1cccc(F)c1)OCc1ccc(-n2cccn2)cc1. The fourth-order valence-corrected chi connectivity index (χ4v) is 2.14. The lowest BCUT2D eigenvalue weighted by Crippen LogP contribution is -2.01. The maximum atomic E-state index is 13.0. The summed E-state index contributed by atoms with van der Waals surface area (Å²) in [7, 11) is 0. The van der Waals surface area contributed by atoms with E-state index in [0.717, 1.165) is 11.3 Å². The molecule has 4 nitrogen and oxygen atoms in total. The number of nitrogens with zero attached hydrogens (tertiary/aromatic N) is 2. The van der Waals surface area contributed by atoms with Gasteiger partial charge in [0.15, 0.2) is 0 Å².